The van der Waals surface area contributed by atoms with Gasteiger partial charge in [-0.1, -0.05) is 109 Å². The summed E-state index contributed by atoms with van der Waals surface area (Å²) in [4.78, 5) is 8.09. The monoisotopic (exact) mass is 379 g/mol. The summed E-state index contributed by atoms with van der Waals surface area (Å²) in [6, 6.07) is 8.32. The third-order valence-electron chi connectivity index (χ3n) is 5.46. The number of nitrogens with one attached hydrogen (secondary N) is 1. The second kappa shape index (κ2) is 16.6. The van der Waals surface area contributed by atoms with E-state index in [9.17, 15) is 0 Å². The summed E-state index contributed by atoms with van der Waals surface area (Å²) in [5, 5.41) is 0. The molecule has 0 bridgehead atoms. The number of para-hydroxylation sites is 2. The van der Waals surface area contributed by atoms with E-state index in [1.807, 2.05) is 0 Å². The Labute approximate surface area is 189 Å². The molecular formula is C24H40N2Na. The minimum Gasteiger partial charge on any atom is -0.342 e. The molecule has 27 heavy (non-hydrogen) atoms. The molecule has 147 valence electrons. The van der Waals surface area contributed by atoms with Gasteiger partial charge < -0.3 is 4.98 Å². The molecule has 0 aliphatic carbocycles. The third kappa shape index (κ3) is 11.3. The Morgan fingerprint density at radius 1 is 0.667 bits per heavy atom. The van der Waals surface area contributed by atoms with E-state index in [-0.39, 0.29) is 29.6 Å². The van der Waals surface area contributed by atoms with E-state index < -0.39 is 0 Å². The molecule has 1 heterocycles. The van der Waals surface area contributed by atoms with Crippen LogP contribution in [0.5, 0.6) is 0 Å². The summed E-state index contributed by atoms with van der Waals surface area (Å²) in [6.07, 6.45) is 22.4. The molecule has 0 atom stereocenters. The van der Waals surface area contributed by atoms with Gasteiger partial charge in [-0.25, -0.2) is 4.98 Å². The van der Waals surface area contributed by atoms with Crippen molar-refractivity contribution in [3.8, 4) is 0 Å². The molecule has 0 saturated carbocycles. The second-order valence-corrected chi connectivity index (χ2v) is 7.90. The van der Waals surface area contributed by atoms with Crippen LogP contribution >= 0.6 is 0 Å². The van der Waals surface area contributed by atoms with Crippen molar-refractivity contribution in [3.63, 3.8) is 0 Å². The molecule has 1 radical (unpaired) electrons. The number of rotatable bonds is 16. The van der Waals surface area contributed by atoms with Gasteiger partial charge in [-0.2, -0.15) is 0 Å². The number of hydrogen-bond acceptors (Lipinski definition) is 1. The number of fused-ring (bicyclic) bond motifs is 1. The molecule has 0 aliphatic heterocycles. The molecule has 0 spiro atoms. The SMILES string of the molecule is CCCCCCCCCCCCCCCCCc1nc2ccccc2[nH]1.[Na]. The summed E-state index contributed by atoms with van der Waals surface area (Å²) < 4.78 is 0. The van der Waals surface area contributed by atoms with Gasteiger partial charge in [0.25, 0.3) is 0 Å². The fourth-order valence-corrected chi connectivity index (χ4v) is 3.79. The van der Waals surface area contributed by atoms with Crippen LogP contribution in [0.15, 0.2) is 24.3 Å². The summed E-state index contributed by atoms with van der Waals surface area (Å²) in [5.41, 5.74) is 2.27. The molecular weight excluding hydrogens is 339 g/mol. The summed E-state index contributed by atoms with van der Waals surface area (Å²) in [6.45, 7) is 2.29. The van der Waals surface area contributed by atoms with Gasteiger partial charge >= 0.3 is 0 Å². The van der Waals surface area contributed by atoms with E-state index >= 15 is 0 Å². The first-order valence-corrected chi connectivity index (χ1v) is 11.3. The Morgan fingerprint density at radius 2 is 1.15 bits per heavy atom. The molecule has 0 fully saturated rings. The zero-order chi connectivity index (χ0) is 18.3. The van der Waals surface area contributed by atoms with E-state index in [0.717, 1.165) is 17.8 Å². The van der Waals surface area contributed by atoms with Gasteiger partial charge in [0, 0.05) is 36.0 Å². The Kier molecular flexibility index (Phi) is 15.2. The smallest absolute Gasteiger partial charge is 0.107 e. The van der Waals surface area contributed by atoms with Crippen molar-refractivity contribution < 1.29 is 0 Å². The number of benzene rings is 1. The summed E-state index contributed by atoms with van der Waals surface area (Å²) >= 11 is 0. The Balaban J connectivity index is 0.00000364. The number of nitrogens with zero attached hydrogens (tertiary/aromatic N) is 1. The van der Waals surface area contributed by atoms with Crippen molar-refractivity contribution in [2.75, 3.05) is 0 Å². The Hall–Kier alpha value is -0.310. The minimum atomic E-state index is 0. The molecule has 1 N–H and O–H groups in total. The quantitative estimate of drug-likeness (QED) is 0.236. The number of aromatic amines is 1. The van der Waals surface area contributed by atoms with E-state index in [0.29, 0.717) is 0 Å². The number of hydrogen-bond donors (Lipinski definition) is 1. The van der Waals surface area contributed by atoms with Crippen LogP contribution in [-0.4, -0.2) is 39.5 Å². The van der Waals surface area contributed by atoms with Crippen molar-refractivity contribution >= 4 is 40.6 Å². The van der Waals surface area contributed by atoms with Crippen LogP contribution in [0.4, 0.5) is 0 Å². The minimum absolute atomic E-state index is 0. The second-order valence-electron chi connectivity index (χ2n) is 7.90. The maximum absolute atomic E-state index is 4.66. The normalized spacial score (nSPS) is 11.0. The number of H-pyrrole nitrogens is 1. The van der Waals surface area contributed by atoms with Crippen LogP contribution in [0.1, 0.15) is 109 Å². The van der Waals surface area contributed by atoms with Gasteiger partial charge in [0.05, 0.1) is 11.0 Å². The Bertz CT molecular complexity index is 546. The predicted molar refractivity (Wildman–Crippen MR) is 120 cm³/mol. The van der Waals surface area contributed by atoms with Crippen LogP contribution < -0.4 is 0 Å². The van der Waals surface area contributed by atoms with Gasteiger partial charge in [0.15, 0.2) is 0 Å². The van der Waals surface area contributed by atoms with E-state index in [1.165, 1.54) is 102 Å². The molecule has 2 rings (SSSR count). The van der Waals surface area contributed by atoms with Crippen LogP contribution in [0.25, 0.3) is 11.0 Å². The van der Waals surface area contributed by atoms with Crippen LogP contribution in [0.2, 0.25) is 0 Å². The molecule has 3 heteroatoms. The molecule has 0 unspecified atom stereocenters. The first-order valence-electron chi connectivity index (χ1n) is 11.3. The van der Waals surface area contributed by atoms with E-state index in [1.54, 1.807) is 0 Å². The van der Waals surface area contributed by atoms with Gasteiger partial charge in [0.1, 0.15) is 5.82 Å². The number of aromatic nitrogens is 2. The summed E-state index contributed by atoms with van der Waals surface area (Å²) in [7, 11) is 0. The standard InChI is InChI=1S/C24H40N2.Na/c1-2-3-4-5-6-7-8-9-10-11-12-13-14-15-16-21-24-25-22-19-17-18-20-23(22)26-24;/h17-20H,2-16,21H2,1H3,(H,25,26);. The van der Waals surface area contributed by atoms with Crippen molar-refractivity contribution in [1.29, 1.82) is 0 Å². The van der Waals surface area contributed by atoms with E-state index in [2.05, 4.69) is 41.2 Å². The van der Waals surface area contributed by atoms with Crippen molar-refractivity contribution in [2.45, 2.75) is 110 Å². The molecule has 2 aromatic rings. The fourth-order valence-electron chi connectivity index (χ4n) is 3.79. The topological polar surface area (TPSA) is 28.7 Å². The predicted octanol–water partition coefficient (Wildman–Crippen LogP) is 7.60. The molecule has 1 aromatic heterocycles. The Morgan fingerprint density at radius 3 is 1.67 bits per heavy atom. The zero-order valence-corrected chi connectivity index (χ0v) is 20.1. The maximum atomic E-state index is 4.66. The largest absolute Gasteiger partial charge is 0.342 e. The van der Waals surface area contributed by atoms with Crippen LogP contribution in [-0.2, 0) is 6.42 Å². The summed E-state index contributed by atoms with van der Waals surface area (Å²) in [5.74, 6) is 1.15. The maximum Gasteiger partial charge on any atom is 0.107 e. The van der Waals surface area contributed by atoms with Crippen LogP contribution in [0, 0.1) is 0 Å². The first-order chi connectivity index (χ1) is 12.9. The third-order valence-corrected chi connectivity index (χ3v) is 5.46. The average molecular weight is 380 g/mol. The van der Waals surface area contributed by atoms with Crippen molar-refractivity contribution in [3.05, 3.63) is 30.1 Å². The van der Waals surface area contributed by atoms with Crippen molar-refractivity contribution in [2.24, 2.45) is 0 Å². The van der Waals surface area contributed by atoms with Gasteiger partial charge in [0.2, 0.25) is 0 Å². The van der Waals surface area contributed by atoms with Gasteiger partial charge in [-0.05, 0) is 18.6 Å². The fraction of sp³-hybridized carbons (Fsp3) is 0.708. The number of aryl methyl sites for hydroxylation is 1. The molecule has 2 nitrogen and oxygen atoms in total. The zero-order valence-electron chi connectivity index (χ0n) is 18.1. The molecule has 1 aromatic carbocycles. The average Bonchev–Trinajstić information content (AvgIpc) is 3.07. The van der Waals surface area contributed by atoms with E-state index in [4.69, 9.17) is 0 Å². The van der Waals surface area contributed by atoms with Gasteiger partial charge in [-0.3, -0.25) is 0 Å². The number of imidazole rings is 1. The first kappa shape index (κ1) is 24.7. The molecule has 0 saturated heterocycles. The van der Waals surface area contributed by atoms with Crippen LogP contribution in [0.3, 0.4) is 0 Å². The molecule has 0 aliphatic rings. The number of unbranched alkanes of at least 4 members (excludes halogenated alkanes) is 14. The van der Waals surface area contributed by atoms with Gasteiger partial charge in [-0.15, -0.1) is 0 Å². The molecule has 0 amide bonds. The van der Waals surface area contributed by atoms with Crippen molar-refractivity contribution in [1.82, 2.24) is 9.97 Å².